The number of benzene rings is 2. The summed E-state index contributed by atoms with van der Waals surface area (Å²) in [6.45, 7) is 6.40. The number of hydrogen-bond acceptors (Lipinski definition) is 6. The average molecular weight is 437 g/mol. The van der Waals surface area contributed by atoms with Crippen molar-refractivity contribution in [2.45, 2.75) is 45.8 Å². The van der Waals surface area contributed by atoms with Gasteiger partial charge in [0.1, 0.15) is 11.5 Å². The summed E-state index contributed by atoms with van der Waals surface area (Å²) < 4.78 is 16.6. The molecule has 1 N–H and O–H groups in total. The van der Waals surface area contributed by atoms with Gasteiger partial charge in [-0.3, -0.25) is 9.59 Å². The number of fused-ring (bicyclic) bond motifs is 1. The second-order valence-electron chi connectivity index (χ2n) is 8.15. The molecule has 4 rings (SSSR count). The predicted molar refractivity (Wildman–Crippen MR) is 119 cm³/mol. The lowest BCUT2D eigenvalue weighted by molar-refractivity contribution is -0.139. The number of rotatable bonds is 7. The van der Waals surface area contributed by atoms with E-state index in [0.717, 1.165) is 12.8 Å². The standard InChI is InChI=1S/C25H27NO6/c1-4-5-11-26-22(16-7-6-8-18(12-16)32-15(2)3)21(24(28)25(26)29)23(27)17-9-10-19-20(13-17)31-14-30-19/h6-10,12-13,15,22,27H,4-5,11,14H2,1-3H3/b23-21-. The van der Waals surface area contributed by atoms with E-state index in [1.165, 1.54) is 0 Å². The monoisotopic (exact) mass is 437 g/mol. The van der Waals surface area contributed by atoms with Gasteiger partial charge in [-0.05, 0) is 56.2 Å². The summed E-state index contributed by atoms with van der Waals surface area (Å²) in [5.74, 6) is 0.151. The number of nitrogens with zero attached hydrogens (tertiary/aromatic N) is 1. The zero-order valence-electron chi connectivity index (χ0n) is 18.5. The second-order valence-corrected chi connectivity index (χ2v) is 8.15. The Bertz CT molecular complexity index is 1070. The molecular weight excluding hydrogens is 410 g/mol. The lowest BCUT2D eigenvalue weighted by Gasteiger charge is -2.25. The SMILES string of the molecule is CCCCN1C(=O)C(=O)/C(=C(\O)c2ccc3c(c2)OCO3)C1c1cccc(OC(C)C)c1. The van der Waals surface area contributed by atoms with Crippen LogP contribution in [-0.2, 0) is 9.59 Å². The number of hydrogen-bond donors (Lipinski definition) is 1. The molecule has 0 radical (unpaired) electrons. The Morgan fingerprint density at radius 1 is 1.16 bits per heavy atom. The second kappa shape index (κ2) is 8.94. The molecule has 2 aromatic carbocycles. The van der Waals surface area contributed by atoms with E-state index >= 15 is 0 Å². The Morgan fingerprint density at radius 3 is 2.69 bits per heavy atom. The van der Waals surface area contributed by atoms with Gasteiger partial charge in [0.25, 0.3) is 11.7 Å². The first-order chi connectivity index (χ1) is 15.4. The van der Waals surface area contributed by atoms with E-state index in [0.29, 0.717) is 34.9 Å². The van der Waals surface area contributed by atoms with Gasteiger partial charge in [-0.25, -0.2) is 0 Å². The van der Waals surface area contributed by atoms with Gasteiger partial charge in [-0.15, -0.1) is 0 Å². The van der Waals surface area contributed by atoms with Crippen LogP contribution in [0.4, 0.5) is 0 Å². The zero-order valence-corrected chi connectivity index (χ0v) is 18.5. The Kier molecular flexibility index (Phi) is 6.08. The minimum Gasteiger partial charge on any atom is -0.507 e. The fourth-order valence-electron chi connectivity index (χ4n) is 4.02. The quantitative estimate of drug-likeness (QED) is 0.392. The van der Waals surface area contributed by atoms with Crippen molar-refractivity contribution < 1.29 is 28.9 Å². The van der Waals surface area contributed by atoms with E-state index in [4.69, 9.17) is 14.2 Å². The molecule has 1 atom stereocenters. The number of likely N-dealkylation sites (tertiary alicyclic amines) is 1. The van der Waals surface area contributed by atoms with Crippen LogP contribution in [-0.4, -0.2) is 41.1 Å². The summed E-state index contributed by atoms with van der Waals surface area (Å²) in [7, 11) is 0. The zero-order chi connectivity index (χ0) is 22.8. The molecule has 2 heterocycles. The number of ketones is 1. The lowest BCUT2D eigenvalue weighted by Crippen LogP contribution is -2.30. The van der Waals surface area contributed by atoms with E-state index < -0.39 is 17.7 Å². The van der Waals surface area contributed by atoms with Gasteiger partial charge in [0, 0.05) is 12.1 Å². The molecular formula is C25H27NO6. The molecule has 32 heavy (non-hydrogen) atoms. The highest BCUT2D eigenvalue weighted by Gasteiger charge is 2.46. The fourth-order valence-corrected chi connectivity index (χ4v) is 4.02. The van der Waals surface area contributed by atoms with E-state index in [2.05, 4.69) is 0 Å². The van der Waals surface area contributed by atoms with Crippen LogP contribution in [0.2, 0.25) is 0 Å². The number of unbranched alkanes of at least 4 members (excludes halogenated alkanes) is 1. The Balaban J connectivity index is 1.82. The molecule has 1 saturated heterocycles. The van der Waals surface area contributed by atoms with Crippen LogP contribution in [0.5, 0.6) is 17.2 Å². The average Bonchev–Trinajstić information content (AvgIpc) is 3.34. The van der Waals surface area contributed by atoms with Crippen molar-refractivity contribution in [2.24, 2.45) is 0 Å². The summed E-state index contributed by atoms with van der Waals surface area (Å²) in [5, 5.41) is 11.2. The van der Waals surface area contributed by atoms with Crippen molar-refractivity contribution in [3.8, 4) is 17.2 Å². The van der Waals surface area contributed by atoms with Gasteiger partial charge in [0.2, 0.25) is 6.79 Å². The highest BCUT2D eigenvalue weighted by molar-refractivity contribution is 6.46. The molecule has 0 aliphatic carbocycles. The maximum atomic E-state index is 13.1. The summed E-state index contributed by atoms with van der Waals surface area (Å²) in [6, 6.07) is 11.6. The van der Waals surface area contributed by atoms with Crippen LogP contribution in [0.1, 0.15) is 50.8 Å². The number of ether oxygens (including phenoxy) is 3. The van der Waals surface area contributed by atoms with Crippen molar-refractivity contribution in [1.82, 2.24) is 4.90 Å². The molecule has 0 bridgehead atoms. The Hall–Kier alpha value is -3.48. The normalized spacial score (nSPS) is 19.1. The molecule has 0 saturated carbocycles. The van der Waals surface area contributed by atoms with Crippen molar-refractivity contribution in [3.05, 3.63) is 59.2 Å². The molecule has 7 nitrogen and oxygen atoms in total. The van der Waals surface area contributed by atoms with Crippen LogP contribution >= 0.6 is 0 Å². The first-order valence-corrected chi connectivity index (χ1v) is 10.9. The molecule has 0 spiro atoms. The van der Waals surface area contributed by atoms with E-state index in [-0.39, 0.29) is 24.2 Å². The lowest BCUT2D eigenvalue weighted by atomic mass is 9.95. The summed E-state index contributed by atoms with van der Waals surface area (Å²) >= 11 is 0. The summed E-state index contributed by atoms with van der Waals surface area (Å²) in [6.07, 6.45) is 1.59. The van der Waals surface area contributed by atoms with Gasteiger partial charge < -0.3 is 24.2 Å². The third kappa shape index (κ3) is 4.02. The van der Waals surface area contributed by atoms with Gasteiger partial charge in [-0.2, -0.15) is 0 Å². The minimum absolute atomic E-state index is 0.0228. The van der Waals surface area contributed by atoms with Crippen LogP contribution in [0.25, 0.3) is 5.76 Å². The highest BCUT2D eigenvalue weighted by Crippen LogP contribution is 2.42. The topological polar surface area (TPSA) is 85.3 Å². The third-order valence-electron chi connectivity index (χ3n) is 5.48. The van der Waals surface area contributed by atoms with Crippen molar-refractivity contribution in [1.29, 1.82) is 0 Å². The number of carbonyl (C=O) groups excluding carboxylic acids is 2. The van der Waals surface area contributed by atoms with E-state index in [9.17, 15) is 14.7 Å². The molecule has 1 unspecified atom stereocenters. The molecule has 2 aliphatic heterocycles. The van der Waals surface area contributed by atoms with Crippen molar-refractivity contribution in [3.63, 3.8) is 0 Å². The third-order valence-corrected chi connectivity index (χ3v) is 5.48. The molecule has 7 heteroatoms. The smallest absolute Gasteiger partial charge is 0.295 e. The largest absolute Gasteiger partial charge is 0.507 e. The molecule has 0 aromatic heterocycles. The predicted octanol–water partition coefficient (Wildman–Crippen LogP) is 4.42. The van der Waals surface area contributed by atoms with Gasteiger partial charge in [-0.1, -0.05) is 25.5 Å². The number of aliphatic hydroxyl groups is 1. The van der Waals surface area contributed by atoms with Crippen molar-refractivity contribution >= 4 is 17.4 Å². The number of aliphatic hydroxyl groups excluding tert-OH is 1. The molecule has 2 aromatic rings. The molecule has 168 valence electrons. The Labute approximate surface area is 187 Å². The van der Waals surface area contributed by atoms with Crippen LogP contribution in [0.3, 0.4) is 0 Å². The number of Topliss-reactive ketones (excluding diaryl/α,β-unsaturated/α-hetero) is 1. The highest BCUT2D eigenvalue weighted by atomic mass is 16.7. The Morgan fingerprint density at radius 2 is 1.94 bits per heavy atom. The number of carbonyl (C=O) groups is 2. The van der Waals surface area contributed by atoms with E-state index in [1.54, 1.807) is 23.1 Å². The van der Waals surface area contributed by atoms with E-state index in [1.807, 2.05) is 45.0 Å². The molecule has 1 fully saturated rings. The molecule has 2 aliphatic rings. The first kappa shape index (κ1) is 21.7. The van der Waals surface area contributed by atoms with Gasteiger partial charge >= 0.3 is 0 Å². The van der Waals surface area contributed by atoms with Gasteiger partial charge in [0.05, 0.1) is 17.7 Å². The van der Waals surface area contributed by atoms with Crippen molar-refractivity contribution in [2.75, 3.05) is 13.3 Å². The fraction of sp³-hybridized carbons (Fsp3) is 0.360. The first-order valence-electron chi connectivity index (χ1n) is 10.9. The van der Waals surface area contributed by atoms with Crippen LogP contribution in [0.15, 0.2) is 48.0 Å². The molecule has 1 amide bonds. The minimum atomic E-state index is -0.706. The summed E-state index contributed by atoms with van der Waals surface area (Å²) in [5.41, 5.74) is 1.16. The van der Waals surface area contributed by atoms with Gasteiger partial charge in [0.15, 0.2) is 11.5 Å². The maximum Gasteiger partial charge on any atom is 0.295 e. The number of amides is 1. The van der Waals surface area contributed by atoms with Crippen LogP contribution in [0, 0.1) is 0 Å². The maximum absolute atomic E-state index is 13.1. The van der Waals surface area contributed by atoms with Crippen LogP contribution < -0.4 is 14.2 Å². The summed E-state index contributed by atoms with van der Waals surface area (Å²) in [4.78, 5) is 27.6.